The molecule has 0 aromatic heterocycles. The van der Waals surface area contributed by atoms with Gasteiger partial charge >= 0.3 is 0 Å². The summed E-state index contributed by atoms with van der Waals surface area (Å²) in [6, 6.07) is 2.76. The fourth-order valence-electron chi connectivity index (χ4n) is 2.63. The number of benzene rings is 1. The molecule has 0 amide bonds. The third kappa shape index (κ3) is 3.53. The molecule has 2 unspecified atom stereocenters. The number of hydrogen-bond donors (Lipinski definition) is 0. The summed E-state index contributed by atoms with van der Waals surface area (Å²) in [5.41, 5.74) is 0.232. The van der Waals surface area contributed by atoms with Gasteiger partial charge in [0.2, 0.25) is 0 Å². The molecule has 0 saturated heterocycles. The zero-order chi connectivity index (χ0) is 13.1. The fourth-order valence-corrected chi connectivity index (χ4v) is 3.85. The molecule has 0 heterocycles. The van der Waals surface area contributed by atoms with E-state index >= 15 is 0 Å². The van der Waals surface area contributed by atoms with Gasteiger partial charge in [0.05, 0.1) is 4.47 Å². The second-order valence-corrected chi connectivity index (χ2v) is 7.16. The van der Waals surface area contributed by atoms with Gasteiger partial charge in [-0.3, -0.25) is 0 Å². The lowest BCUT2D eigenvalue weighted by atomic mass is 9.92. The highest BCUT2D eigenvalue weighted by Gasteiger charge is 2.22. The quantitative estimate of drug-likeness (QED) is 0.354. The summed E-state index contributed by atoms with van der Waals surface area (Å²) >= 11 is 6.77. The number of rotatable bonds is 2. The van der Waals surface area contributed by atoms with Crippen LogP contribution >= 0.6 is 31.9 Å². The number of alkyl halides is 1. The Morgan fingerprint density at radius 3 is 2.67 bits per heavy atom. The van der Waals surface area contributed by atoms with Gasteiger partial charge in [0.15, 0.2) is 0 Å². The van der Waals surface area contributed by atoms with Gasteiger partial charge < -0.3 is 0 Å². The van der Waals surface area contributed by atoms with Crippen LogP contribution < -0.4 is 0 Å². The lowest BCUT2D eigenvalue weighted by Crippen LogP contribution is -2.11. The first kappa shape index (κ1) is 14.4. The van der Waals surface area contributed by atoms with Gasteiger partial charge in [-0.25, -0.2) is 8.78 Å². The van der Waals surface area contributed by atoms with E-state index in [0.29, 0.717) is 21.6 Å². The monoisotopic (exact) mass is 380 g/mol. The summed E-state index contributed by atoms with van der Waals surface area (Å²) in [5.74, 6) is -0.494. The summed E-state index contributed by atoms with van der Waals surface area (Å²) < 4.78 is 28.0. The van der Waals surface area contributed by atoms with Crippen molar-refractivity contribution in [2.45, 2.75) is 43.4 Å². The van der Waals surface area contributed by atoms with E-state index in [1.165, 1.54) is 25.0 Å². The zero-order valence-corrected chi connectivity index (χ0v) is 13.2. The summed E-state index contributed by atoms with van der Waals surface area (Å²) in [6.07, 6.45) is 6.10. The van der Waals surface area contributed by atoms with Crippen LogP contribution in [0.1, 0.15) is 37.7 Å². The molecule has 2 atom stereocenters. The van der Waals surface area contributed by atoms with Crippen molar-refractivity contribution < 1.29 is 8.78 Å². The maximum atomic E-state index is 13.9. The Bertz CT molecular complexity index is 421. The van der Waals surface area contributed by atoms with Crippen molar-refractivity contribution in [1.29, 1.82) is 0 Å². The molecule has 0 bridgehead atoms. The first-order chi connectivity index (χ1) is 8.58. The van der Waals surface area contributed by atoms with E-state index < -0.39 is 11.6 Å². The van der Waals surface area contributed by atoms with E-state index in [4.69, 9.17) is 0 Å². The predicted octanol–water partition coefficient (Wildman–Crippen LogP) is 5.61. The van der Waals surface area contributed by atoms with Crippen molar-refractivity contribution in [2.75, 3.05) is 0 Å². The summed E-state index contributed by atoms with van der Waals surface area (Å²) in [7, 11) is 0. The predicted molar refractivity (Wildman–Crippen MR) is 77.1 cm³/mol. The fraction of sp³-hybridized carbons (Fsp3) is 0.571. The lowest BCUT2D eigenvalue weighted by molar-refractivity contribution is 0.438. The Labute approximate surface area is 123 Å². The second-order valence-electron chi connectivity index (χ2n) is 5.01. The van der Waals surface area contributed by atoms with Crippen molar-refractivity contribution in [3.63, 3.8) is 0 Å². The molecule has 1 aliphatic rings. The van der Waals surface area contributed by atoms with Crippen molar-refractivity contribution >= 4 is 31.9 Å². The molecule has 1 aromatic rings. The SMILES string of the molecule is Fc1ccc(Br)c(F)c1CC1CCCCC(Br)C1. The number of halogens is 4. The summed E-state index contributed by atoms with van der Waals surface area (Å²) in [4.78, 5) is 0.489. The molecule has 1 saturated carbocycles. The van der Waals surface area contributed by atoms with Crippen molar-refractivity contribution in [3.05, 3.63) is 33.8 Å². The Hall–Kier alpha value is 0.0400. The molecule has 1 fully saturated rings. The normalized spacial score (nSPS) is 24.9. The van der Waals surface area contributed by atoms with Crippen molar-refractivity contribution in [2.24, 2.45) is 5.92 Å². The first-order valence-corrected chi connectivity index (χ1v) is 8.05. The van der Waals surface area contributed by atoms with E-state index in [2.05, 4.69) is 31.9 Å². The maximum absolute atomic E-state index is 13.9. The van der Waals surface area contributed by atoms with Crippen molar-refractivity contribution in [1.82, 2.24) is 0 Å². The van der Waals surface area contributed by atoms with Crippen LogP contribution in [0.3, 0.4) is 0 Å². The maximum Gasteiger partial charge on any atom is 0.143 e. The van der Waals surface area contributed by atoms with E-state index in [-0.39, 0.29) is 5.56 Å². The molecule has 0 radical (unpaired) electrons. The third-order valence-electron chi connectivity index (χ3n) is 3.60. The van der Waals surface area contributed by atoms with Crippen LogP contribution in [0.5, 0.6) is 0 Å². The molecule has 2 rings (SSSR count). The van der Waals surface area contributed by atoms with E-state index in [0.717, 1.165) is 19.3 Å². The van der Waals surface area contributed by atoms with Crippen LogP contribution in [0.2, 0.25) is 0 Å². The van der Waals surface area contributed by atoms with Gasteiger partial charge in [-0.1, -0.05) is 35.2 Å². The highest BCUT2D eigenvalue weighted by molar-refractivity contribution is 9.10. The smallest absolute Gasteiger partial charge is 0.143 e. The highest BCUT2D eigenvalue weighted by atomic mass is 79.9. The summed E-state index contributed by atoms with van der Waals surface area (Å²) in [5, 5.41) is 0. The topological polar surface area (TPSA) is 0 Å². The molecular weight excluding hydrogens is 366 g/mol. The largest absolute Gasteiger partial charge is 0.207 e. The van der Waals surface area contributed by atoms with E-state index in [1.54, 1.807) is 0 Å². The van der Waals surface area contributed by atoms with Crippen LogP contribution in [0.25, 0.3) is 0 Å². The van der Waals surface area contributed by atoms with E-state index in [9.17, 15) is 8.78 Å². The molecule has 0 aliphatic heterocycles. The van der Waals surface area contributed by atoms with Crippen molar-refractivity contribution in [3.8, 4) is 0 Å². The minimum Gasteiger partial charge on any atom is -0.207 e. The zero-order valence-electron chi connectivity index (χ0n) is 10.1. The molecule has 0 N–H and O–H groups in total. The molecule has 18 heavy (non-hydrogen) atoms. The average Bonchev–Trinajstić information content (AvgIpc) is 2.54. The lowest BCUT2D eigenvalue weighted by Gasteiger charge is -2.17. The molecule has 0 nitrogen and oxygen atoms in total. The molecule has 100 valence electrons. The van der Waals surface area contributed by atoms with Crippen LogP contribution in [0.15, 0.2) is 16.6 Å². The van der Waals surface area contributed by atoms with Gasteiger partial charge in [-0.15, -0.1) is 0 Å². The molecule has 0 spiro atoms. The highest BCUT2D eigenvalue weighted by Crippen LogP contribution is 2.32. The van der Waals surface area contributed by atoms with Crippen LogP contribution in [0, 0.1) is 17.6 Å². The van der Waals surface area contributed by atoms with Crippen LogP contribution in [0.4, 0.5) is 8.78 Å². The second kappa shape index (κ2) is 6.47. The minimum absolute atomic E-state index is 0.232. The number of hydrogen-bond acceptors (Lipinski definition) is 0. The van der Waals surface area contributed by atoms with Gasteiger partial charge in [0.25, 0.3) is 0 Å². The molecule has 4 heteroatoms. The molecule has 1 aromatic carbocycles. The van der Waals surface area contributed by atoms with E-state index in [1.807, 2.05) is 0 Å². The Kier molecular flexibility index (Phi) is 5.19. The Morgan fingerprint density at radius 2 is 1.89 bits per heavy atom. The molecule has 1 aliphatic carbocycles. The van der Waals surface area contributed by atoms with Gasteiger partial charge in [-0.05, 0) is 53.2 Å². The minimum atomic E-state index is -0.439. The van der Waals surface area contributed by atoms with Crippen LogP contribution in [-0.4, -0.2) is 4.83 Å². The average molecular weight is 382 g/mol. The van der Waals surface area contributed by atoms with Gasteiger partial charge in [0, 0.05) is 10.4 Å². The van der Waals surface area contributed by atoms with Gasteiger partial charge in [0.1, 0.15) is 11.6 Å². The standard InChI is InChI=1S/C14H16Br2F2/c15-10-4-2-1-3-9(7-10)8-11-13(17)6-5-12(16)14(11)18/h5-6,9-10H,1-4,7-8H2. The Balaban J connectivity index is 2.15. The first-order valence-electron chi connectivity index (χ1n) is 6.34. The third-order valence-corrected chi connectivity index (χ3v) is 5.04. The molecular formula is C14H16Br2F2. The summed E-state index contributed by atoms with van der Waals surface area (Å²) in [6.45, 7) is 0. The Morgan fingerprint density at radius 1 is 1.17 bits per heavy atom. The van der Waals surface area contributed by atoms with Gasteiger partial charge in [-0.2, -0.15) is 0 Å². The van der Waals surface area contributed by atoms with Crippen LogP contribution in [-0.2, 0) is 6.42 Å².